The van der Waals surface area contributed by atoms with Crippen molar-refractivity contribution in [2.75, 3.05) is 5.75 Å². The van der Waals surface area contributed by atoms with Gasteiger partial charge in [0.15, 0.2) is 5.16 Å². The summed E-state index contributed by atoms with van der Waals surface area (Å²) >= 11 is 1.15. The van der Waals surface area contributed by atoms with Gasteiger partial charge in [0.1, 0.15) is 5.75 Å². The third-order valence-electron chi connectivity index (χ3n) is 4.73. The second kappa shape index (κ2) is 9.49. The summed E-state index contributed by atoms with van der Waals surface area (Å²) in [5.41, 5.74) is 4.55. The lowest BCUT2D eigenvalue weighted by Crippen LogP contribution is -2.24. The fourth-order valence-corrected chi connectivity index (χ4v) is 3.97. The van der Waals surface area contributed by atoms with Gasteiger partial charge in [-0.05, 0) is 43.3 Å². The molecule has 0 saturated carbocycles. The van der Waals surface area contributed by atoms with Crippen molar-refractivity contribution in [2.45, 2.75) is 12.1 Å². The van der Waals surface area contributed by atoms with Crippen LogP contribution in [0.25, 0.3) is 16.6 Å². The van der Waals surface area contributed by atoms with Crippen molar-refractivity contribution in [3.63, 3.8) is 0 Å². The van der Waals surface area contributed by atoms with E-state index in [-0.39, 0.29) is 23.0 Å². The number of nitrogens with one attached hydrogen (secondary N) is 1. The molecule has 0 aliphatic rings. The Balaban J connectivity index is 1.58. The van der Waals surface area contributed by atoms with Gasteiger partial charge >= 0.3 is 0 Å². The quantitative estimate of drug-likeness (QED) is 0.204. The number of aromatic nitrogens is 2. The van der Waals surface area contributed by atoms with Gasteiger partial charge in [0.05, 0.1) is 28.1 Å². The highest BCUT2D eigenvalue weighted by atomic mass is 32.2. The number of rotatable bonds is 6. The minimum Gasteiger partial charge on any atom is -0.507 e. The third kappa shape index (κ3) is 4.55. The molecule has 0 saturated heterocycles. The summed E-state index contributed by atoms with van der Waals surface area (Å²) in [6, 6.07) is 23.1. The summed E-state index contributed by atoms with van der Waals surface area (Å²) in [4.78, 5) is 30.2. The minimum absolute atomic E-state index is 0.00909. The van der Waals surface area contributed by atoms with Crippen molar-refractivity contribution < 1.29 is 9.90 Å². The second-order valence-electron chi connectivity index (χ2n) is 6.93. The lowest BCUT2D eigenvalue weighted by molar-refractivity contribution is -0.118. The molecular weight excluding hydrogens is 424 g/mol. The number of phenols is 1. The van der Waals surface area contributed by atoms with E-state index in [4.69, 9.17) is 0 Å². The molecule has 8 heteroatoms. The predicted molar refractivity (Wildman–Crippen MR) is 127 cm³/mol. The summed E-state index contributed by atoms with van der Waals surface area (Å²) < 4.78 is 1.51. The number of carbonyl (C=O) groups excluding carboxylic acids is 1. The van der Waals surface area contributed by atoms with Crippen LogP contribution in [0.15, 0.2) is 93.9 Å². The molecule has 1 amide bonds. The highest BCUT2D eigenvalue weighted by Gasteiger charge is 2.14. The van der Waals surface area contributed by atoms with Gasteiger partial charge in [0.2, 0.25) is 0 Å². The van der Waals surface area contributed by atoms with E-state index in [9.17, 15) is 14.7 Å². The summed E-state index contributed by atoms with van der Waals surface area (Å²) in [5, 5.41) is 14.9. The summed E-state index contributed by atoms with van der Waals surface area (Å²) in [6.07, 6.45) is 0. The average molecular weight is 445 g/mol. The van der Waals surface area contributed by atoms with Crippen LogP contribution in [0.4, 0.5) is 0 Å². The molecule has 0 radical (unpaired) electrons. The van der Waals surface area contributed by atoms with Crippen LogP contribution in [0.3, 0.4) is 0 Å². The highest BCUT2D eigenvalue weighted by molar-refractivity contribution is 7.99. The number of aromatic hydroxyl groups is 1. The Morgan fingerprint density at radius 2 is 1.72 bits per heavy atom. The van der Waals surface area contributed by atoms with Crippen molar-refractivity contribution in [3.8, 4) is 11.4 Å². The number of hydrazone groups is 1. The van der Waals surface area contributed by atoms with Crippen molar-refractivity contribution in [3.05, 3.63) is 94.8 Å². The molecule has 0 aliphatic carbocycles. The Morgan fingerprint density at radius 3 is 2.50 bits per heavy atom. The van der Waals surface area contributed by atoms with Crippen LogP contribution in [0.1, 0.15) is 12.5 Å². The zero-order valence-corrected chi connectivity index (χ0v) is 18.0. The Labute approximate surface area is 188 Å². The molecule has 3 aromatic carbocycles. The number of phenolic OH excluding ortho intramolecular Hbond substituents is 1. The van der Waals surface area contributed by atoms with E-state index in [2.05, 4.69) is 15.5 Å². The maximum Gasteiger partial charge on any atom is 0.266 e. The van der Waals surface area contributed by atoms with E-state index in [0.29, 0.717) is 33.0 Å². The second-order valence-corrected chi connectivity index (χ2v) is 7.87. The highest BCUT2D eigenvalue weighted by Crippen LogP contribution is 2.21. The van der Waals surface area contributed by atoms with Crippen molar-refractivity contribution in [2.24, 2.45) is 5.10 Å². The SMILES string of the molecule is C/C(=N/NC(=O)CSc1nc2ccccc2c(=O)n1-c1ccccc1)c1ccccc1O. The number of fused-ring (bicyclic) bond motifs is 1. The molecule has 1 aromatic heterocycles. The van der Waals surface area contributed by atoms with Crippen LogP contribution in [-0.2, 0) is 4.79 Å². The maximum atomic E-state index is 13.2. The first-order valence-corrected chi connectivity index (χ1v) is 10.8. The fraction of sp³-hybridized carbons (Fsp3) is 0.0833. The zero-order valence-electron chi connectivity index (χ0n) is 17.2. The molecule has 1 heterocycles. The molecule has 0 spiro atoms. The Kier molecular flexibility index (Phi) is 6.32. The summed E-state index contributed by atoms with van der Waals surface area (Å²) in [5.74, 6) is -0.258. The average Bonchev–Trinajstić information content (AvgIpc) is 2.82. The molecule has 2 N–H and O–H groups in total. The minimum atomic E-state index is -0.355. The van der Waals surface area contributed by atoms with Crippen LogP contribution in [0.5, 0.6) is 5.75 Å². The van der Waals surface area contributed by atoms with Gasteiger partial charge in [-0.25, -0.2) is 10.4 Å². The fourth-order valence-electron chi connectivity index (χ4n) is 3.16. The number of carbonyl (C=O) groups is 1. The van der Waals surface area contributed by atoms with Gasteiger partial charge in [-0.15, -0.1) is 0 Å². The predicted octanol–water partition coefficient (Wildman–Crippen LogP) is 3.72. The van der Waals surface area contributed by atoms with Crippen molar-refractivity contribution >= 4 is 34.3 Å². The molecular formula is C24H20N4O3S. The van der Waals surface area contributed by atoms with Gasteiger partial charge < -0.3 is 5.11 Å². The van der Waals surface area contributed by atoms with E-state index < -0.39 is 0 Å². The Morgan fingerprint density at radius 1 is 1.03 bits per heavy atom. The smallest absolute Gasteiger partial charge is 0.266 e. The van der Waals surface area contributed by atoms with Gasteiger partial charge in [-0.3, -0.25) is 14.2 Å². The van der Waals surface area contributed by atoms with Gasteiger partial charge in [0, 0.05) is 5.56 Å². The molecule has 160 valence electrons. The zero-order chi connectivity index (χ0) is 22.5. The van der Waals surface area contributed by atoms with Gasteiger partial charge in [-0.1, -0.05) is 54.2 Å². The molecule has 7 nitrogen and oxygen atoms in total. The lowest BCUT2D eigenvalue weighted by Gasteiger charge is -2.13. The number of nitrogens with zero attached hydrogens (tertiary/aromatic N) is 3. The number of amides is 1. The number of hydrogen-bond acceptors (Lipinski definition) is 6. The number of hydrogen-bond donors (Lipinski definition) is 2. The van der Waals surface area contributed by atoms with Crippen molar-refractivity contribution in [1.29, 1.82) is 0 Å². The molecule has 32 heavy (non-hydrogen) atoms. The first-order valence-electron chi connectivity index (χ1n) is 9.86. The largest absolute Gasteiger partial charge is 0.507 e. The van der Waals surface area contributed by atoms with E-state index in [1.807, 2.05) is 36.4 Å². The number of thioether (sulfide) groups is 1. The molecule has 4 aromatic rings. The Bertz CT molecular complexity index is 1370. The van der Waals surface area contributed by atoms with Crippen LogP contribution >= 0.6 is 11.8 Å². The molecule has 0 fully saturated rings. The van der Waals surface area contributed by atoms with Crippen LogP contribution in [0.2, 0.25) is 0 Å². The van der Waals surface area contributed by atoms with Crippen LogP contribution < -0.4 is 11.0 Å². The lowest BCUT2D eigenvalue weighted by atomic mass is 10.1. The third-order valence-corrected chi connectivity index (χ3v) is 5.67. The van der Waals surface area contributed by atoms with E-state index in [0.717, 1.165) is 11.8 Å². The number of para-hydroxylation sites is 3. The van der Waals surface area contributed by atoms with E-state index in [1.165, 1.54) is 4.57 Å². The van der Waals surface area contributed by atoms with Gasteiger partial charge in [-0.2, -0.15) is 5.10 Å². The normalized spacial score (nSPS) is 11.5. The standard InChI is InChI=1S/C24H20N4O3S/c1-16(18-11-6-8-14-21(18)29)26-27-22(30)15-32-24-25-20-13-7-5-12-19(20)23(31)28(24)17-9-3-2-4-10-17/h2-14,29H,15H2,1H3,(H,27,30)/b26-16-. The first-order chi connectivity index (χ1) is 15.5. The van der Waals surface area contributed by atoms with Crippen LogP contribution in [-0.4, -0.2) is 32.0 Å². The molecule has 0 atom stereocenters. The van der Waals surface area contributed by atoms with Gasteiger partial charge in [0.25, 0.3) is 11.5 Å². The Hall–Kier alpha value is -3.91. The summed E-state index contributed by atoms with van der Waals surface area (Å²) in [7, 11) is 0. The number of benzene rings is 3. The maximum absolute atomic E-state index is 13.2. The van der Waals surface area contributed by atoms with E-state index >= 15 is 0 Å². The topological polar surface area (TPSA) is 96.6 Å². The van der Waals surface area contributed by atoms with Crippen molar-refractivity contribution in [1.82, 2.24) is 15.0 Å². The molecule has 0 bridgehead atoms. The van der Waals surface area contributed by atoms with E-state index in [1.54, 1.807) is 49.4 Å². The first kappa shape index (κ1) is 21.3. The summed E-state index contributed by atoms with van der Waals surface area (Å²) in [6.45, 7) is 1.69. The molecule has 4 rings (SSSR count). The monoisotopic (exact) mass is 444 g/mol. The molecule has 0 unspecified atom stereocenters. The molecule has 0 aliphatic heterocycles. The van der Waals surface area contributed by atoms with Crippen LogP contribution in [0, 0.1) is 0 Å².